The van der Waals surface area contributed by atoms with Crippen molar-refractivity contribution in [2.45, 2.75) is 19.3 Å². The molecule has 4 nitrogen and oxygen atoms in total. The summed E-state index contributed by atoms with van der Waals surface area (Å²) in [7, 11) is 0. The van der Waals surface area contributed by atoms with E-state index in [-0.39, 0.29) is 25.8 Å². The van der Waals surface area contributed by atoms with E-state index in [4.69, 9.17) is 4.74 Å². The molecular formula is C44H30N3OPd-3. The van der Waals surface area contributed by atoms with E-state index in [2.05, 4.69) is 131 Å². The molecule has 0 radical (unpaired) electrons. The molecule has 8 aromatic rings. The van der Waals surface area contributed by atoms with Gasteiger partial charge in [-0.2, -0.15) is 30.3 Å². The van der Waals surface area contributed by atoms with Crippen molar-refractivity contribution in [3.05, 3.63) is 175 Å². The maximum atomic E-state index is 6.39. The minimum atomic E-state index is -0.306. The van der Waals surface area contributed by atoms with Gasteiger partial charge in [-0.1, -0.05) is 79.8 Å². The van der Waals surface area contributed by atoms with Crippen molar-refractivity contribution in [1.82, 2.24) is 9.55 Å². The number of nitrogens with zero attached hydrogens (tertiary/aromatic N) is 3. The molecule has 9 rings (SSSR count). The van der Waals surface area contributed by atoms with Gasteiger partial charge in [-0.25, -0.2) is 0 Å². The third-order valence-corrected chi connectivity index (χ3v) is 9.35. The van der Waals surface area contributed by atoms with Crippen LogP contribution in [0.2, 0.25) is 0 Å². The number of aromatic nitrogens is 2. The molecular weight excluding hydrogens is 693 g/mol. The number of para-hydroxylation sites is 3. The van der Waals surface area contributed by atoms with E-state index in [0.29, 0.717) is 11.5 Å². The smallest absolute Gasteiger partial charge is 0.0545 e. The van der Waals surface area contributed by atoms with Crippen LogP contribution in [0.1, 0.15) is 25.0 Å². The fourth-order valence-corrected chi connectivity index (χ4v) is 7.27. The summed E-state index contributed by atoms with van der Waals surface area (Å²) >= 11 is 0. The Morgan fingerprint density at radius 1 is 0.673 bits per heavy atom. The van der Waals surface area contributed by atoms with Crippen LogP contribution < -0.4 is 9.64 Å². The molecule has 0 saturated carbocycles. The van der Waals surface area contributed by atoms with Gasteiger partial charge in [-0.3, -0.25) is 0 Å². The maximum Gasteiger partial charge on any atom is 0.0545 e. The Morgan fingerprint density at radius 2 is 1.45 bits per heavy atom. The van der Waals surface area contributed by atoms with Gasteiger partial charge in [0.15, 0.2) is 0 Å². The van der Waals surface area contributed by atoms with E-state index in [0.717, 1.165) is 34.0 Å². The molecule has 0 saturated heterocycles. The molecule has 0 amide bonds. The van der Waals surface area contributed by atoms with Crippen LogP contribution in [-0.2, 0) is 25.8 Å². The molecule has 0 atom stereocenters. The summed E-state index contributed by atoms with van der Waals surface area (Å²) in [4.78, 5) is 6.76. The van der Waals surface area contributed by atoms with Crippen LogP contribution in [-0.4, -0.2) is 9.55 Å². The fraction of sp³-hybridized carbons (Fsp3) is 0.0682. The van der Waals surface area contributed by atoms with Gasteiger partial charge in [-0.05, 0) is 53.1 Å². The number of pyridine rings is 1. The first-order chi connectivity index (χ1) is 23.6. The Balaban J connectivity index is 0.00000348. The molecule has 0 bridgehead atoms. The fourth-order valence-electron chi connectivity index (χ4n) is 7.27. The average Bonchev–Trinajstić information content (AvgIpc) is 3.47. The molecule has 5 heteroatoms. The van der Waals surface area contributed by atoms with Gasteiger partial charge in [0.05, 0.1) is 11.0 Å². The van der Waals surface area contributed by atoms with E-state index in [1.54, 1.807) is 6.20 Å². The summed E-state index contributed by atoms with van der Waals surface area (Å²) in [6, 6.07) is 58.5. The molecule has 6 aromatic carbocycles. The summed E-state index contributed by atoms with van der Waals surface area (Å²) in [6.07, 6.45) is 1.79. The molecule has 0 N–H and O–H groups in total. The number of anilines is 3. The van der Waals surface area contributed by atoms with Gasteiger partial charge in [0.25, 0.3) is 0 Å². The average molecular weight is 723 g/mol. The molecule has 0 unspecified atom stereocenters. The molecule has 0 aliphatic carbocycles. The van der Waals surface area contributed by atoms with Crippen molar-refractivity contribution in [3.8, 4) is 28.4 Å². The zero-order chi connectivity index (χ0) is 32.2. The standard InChI is InChI=1S/C44H30N3O.Pd/c1-44(2)36-21-7-9-24-39(36)47(32-17-13-19-34(29-32)48-33-18-12-14-30(28-33)37-22-10-11-27-45-37)41-26-25-40-42(43(41)44)35-20-6-8-23-38(35)46(40)31-15-4-3-5-16-31;/h3-23,25-27H,1-2H3;/q-3;. The van der Waals surface area contributed by atoms with E-state index in [9.17, 15) is 0 Å². The first-order valence-electron chi connectivity index (χ1n) is 16.2. The van der Waals surface area contributed by atoms with Crippen LogP contribution in [0.15, 0.2) is 146 Å². The summed E-state index contributed by atoms with van der Waals surface area (Å²) < 4.78 is 8.77. The predicted molar refractivity (Wildman–Crippen MR) is 194 cm³/mol. The van der Waals surface area contributed by atoms with Crippen molar-refractivity contribution < 1.29 is 25.2 Å². The Bertz CT molecular complexity index is 2470. The van der Waals surface area contributed by atoms with Gasteiger partial charge in [0.2, 0.25) is 0 Å². The topological polar surface area (TPSA) is 30.3 Å². The summed E-state index contributed by atoms with van der Waals surface area (Å²) in [5, 5.41) is 2.48. The summed E-state index contributed by atoms with van der Waals surface area (Å²) in [6.45, 7) is 4.66. The van der Waals surface area contributed by atoms with E-state index >= 15 is 0 Å². The molecule has 0 fully saturated rings. The van der Waals surface area contributed by atoms with E-state index in [1.165, 1.54) is 32.9 Å². The third-order valence-electron chi connectivity index (χ3n) is 9.35. The SMILES string of the molecule is CC1(C)c2ccc[c-]c2N(c2[c-]c(Oc3[c-]c(-c4ccccn4)ccc3)ccc2)c2ccc3c(c21)c1ccccc1n3-c1ccccc1.[Pd]. The number of ether oxygens (including phenoxy) is 1. The van der Waals surface area contributed by atoms with Crippen LogP contribution in [0.5, 0.6) is 11.5 Å². The van der Waals surface area contributed by atoms with Crippen molar-refractivity contribution in [2.75, 3.05) is 4.90 Å². The van der Waals surface area contributed by atoms with Crippen LogP contribution in [0, 0.1) is 18.2 Å². The number of fused-ring (bicyclic) bond motifs is 6. The van der Waals surface area contributed by atoms with Crippen LogP contribution in [0.4, 0.5) is 17.1 Å². The maximum absolute atomic E-state index is 6.39. The van der Waals surface area contributed by atoms with Crippen molar-refractivity contribution in [2.24, 2.45) is 0 Å². The Labute approximate surface area is 299 Å². The van der Waals surface area contributed by atoms with Gasteiger partial charge >= 0.3 is 0 Å². The summed E-state index contributed by atoms with van der Waals surface area (Å²) in [5.74, 6) is 1.21. The third kappa shape index (κ3) is 5.06. The van der Waals surface area contributed by atoms with E-state index in [1.807, 2.05) is 54.6 Å². The number of hydrogen-bond donors (Lipinski definition) is 0. The number of rotatable bonds is 5. The Hall–Kier alpha value is -5.47. The van der Waals surface area contributed by atoms with E-state index < -0.39 is 0 Å². The second kappa shape index (κ2) is 12.2. The van der Waals surface area contributed by atoms with Gasteiger partial charge in [0.1, 0.15) is 0 Å². The van der Waals surface area contributed by atoms with Gasteiger partial charge in [-0.15, -0.1) is 47.5 Å². The van der Waals surface area contributed by atoms with Crippen molar-refractivity contribution >= 4 is 38.9 Å². The van der Waals surface area contributed by atoms with Crippen LogP contribution >= 0.6 is 0 Å². The molecule has 240 valence electrons. The molecule has 3 heterocycles. The van der Waals surface area contributed by atoms with Crippen molar-refractivity contribution in [1.29, 1.82) is 0 Å². The quantitative estimate of drug-likeness (QED) is 0.131. The monoisotopic (exact) mass is 722 g/mol. The zero-order valence-electron chi connectivity index (χ0n) is 26.9. The molecule has 1 aliphatic rings. The van der Waals surface area contributed by atoms with Crippen LogP contribution in [0.25, 0.3) is 38.8 Å². The number of benzene rings is 6. The van der Waals surface area contributed by atoms with Gasteiger partial charge in [0, 0.05) is 60.3 Å². The molecule has 0 spiro atoms. The zero-order valence-corrected chi connectivity index (χ0v) is 28.5. The first kappa shape index (κ1) is 30.8. The second-order valence-corrected chi connectivity index (χ2v) is 12.6. The minimum absolute atomic E-state index is 0. The van der Waals surface area contributed by atoms with Gasteiger partial charge < -0.3 is 19.2 Å². The second-order valence-electron chi connectivity index (χ2n) is 12.6. The van der Waals surface area contributed by atoms with Crippen molar-refractivity contribution in [3.63, 3.8) is 0 Å². The minimum Gasteiger partial charge on any atom is -0.503 e. The molecule has 49 heavy (non-hydrogen) atoms. The Morgan fingerprint density at radius 3 is 2.29 bits per heavy atom. The normalized spacial score (nSPS) is 13.1. The van der Waals surface area contributed by atoms with Crippen LogP contribution in [0.3, 0.4) is 0 Å². The Kier molecular flexibility index (Phi) is 7.68. The summed E-state index contributed by atoms with van der Waals surface area (Å²) in [5.41, 5.74) is 10.4. The largest absolute Gasteiger partial charge is 0.503 e. The molecule has 2 aromatic heterocycles. The molecule has 1 aliphatic heterocycles. The predicted octanol–water partition coefficient (Wildman–Crippen LogP) is 11.1. The first-order valence-corrected chi connectivity index (χ1v) is 16.2. The number of hydrogen-bond acceptors (Lipinski definition) is 3.